The Morgan fingerprint density at radius 2 is 2.00 bits per heavy atom. The molecule has 2 aromatic rings. The summed E-state index contributed by atoms with van der Waals surface area (Å²) in [6.07, 6.45) is 0. The lowest BCUT2D eigenvalue weighted by molar-refractivity contribution is 0.413. The molecule has 19 heavy (non-hydrogen) atoms. The Bertz CT molecular complexity index is 754. The highest BCUT2D eigenvalue weighted by molar-refractivity contribution is 6.30. The largest absolute Gasteiger partial charge is 0.434 e. The Morgan fingerprint density at radius 3 is 2.63 bits per heavy atom. The van der Waals surface area contributed by atoms with Gasteiger partial charge in [0.2, 0.25) is 0 Å². The number of nitrogens with zero attached hydrogens (tertiary/aromatic N) is 3. The molecule has 0 fully saturated rings. The monoisotopic (exact) mass is 285 g/mol. The predicted octanol–water partition coefficient (Wildman–Crippen LogP) is 1.06. The number of rotatable bonds is 2. The van der Waals surface area contributed by atoms with Crippen LogP contribution >= 0.6 is 11.6 Å². The van der Waals surface area contributed by atoms with Gasteiger partial charge in [-0.2, -0.15) is 0 Å². The smallest absolute Gasteiger partial charge is 0.347 e. The van der Waals surface area contributed by atoms with Crippen LogP contribution in [-0.4, -0.2) is 14.3 Å². The van der Waals surface area contributed by atoms with Gasteiger partial charge in [0.15, 0.2) is 0 Å². The second-order valence-corrected chi connectivity index (χ2v) is 4.16. The van der Waals surface area contributed by atoms with Crippen LogP contribution in [0.3, 0.4) is 0 Å². The van der Waals surface area contributed by atoms with Gasteiger partial charge in [0.1, 0.15) is 11.6 Å². The highest BCUT2D eigenvalue weighted by Gasteiger charge is 2.11. The summed E-state index contributed by atoms with van der Waals surface area (Å²) in [5.74, 6) is -0.753. The summed E-state index contributed by atoms with van der Waals surface area (Å²) in [5.41, 5.74) is -1.27. The van der Waals surface area contributed by atoms with E-state index in [0.717, 1.165) is 15.3 Å². The summed E-state index contributed by atoms with van der Waals surface area (Å²) in [6.45, 7) is 0. The zero-order valence-electron chi connectivity index (χ0n) is 10.1. The van der Waals surface area contributed by atoms with Crippen molar-refractivity contribution in [3.05, 3.63) is 49.9 Å². The Morgan fingerprint density at radius 1 is 1.32 bits per heavy atom. The van der Waals surface area contributed by atoms with Crippen molar-refractivity contribution in [2.24, 2.45) is 14.1 Å². The van der Waals surface area contributed by atoms with Crippen LogP contribution in [0.5, 0.6) is 11.6 Å². The fourth-order valence-electron chi connectivity index (χ4n) is 1.39. The molecule has 0 amide bonds. The van der Waals surface area contributed by atoms with Crippen molar-refractivity contribution in [1.82, 2.24) is 14.3 Å². The van der Waals surface area contributed by atoms with Crippen molar-refractivity contribution >= 4 is 11.6 Å². The number of benzene rings is 1. The van der Waals surface area contributed by atoms with E-state index in [-0.39, 0.29) is 16.7 Å². The number of hydrogen-bond acceptors (Lipinski definition) is 4. The normalized spacial score (nSPS) is 10.5. The third-order valence-electron chi connectivity index (χ3n) is 2.40. The Labute approximate surface area is 111 Å². The molecule has 1 aromatic heterocycles. The van der Waals surface area contributed by atoms with Gasteiger partial charge in [-0.05, 0) is 12.1 Å². The fourth-order valence-corrected chi connectivity index (χ4v) is 1.56. The maximum absolute atomic E-state index is 13.0. The van der Waals surface area contributed by atoms with Crippen LogP contribution in [0.4, 0.5) is 4.39 Å². The zero-order chi connectivity index (χ0) is 14.2. The number of ether oxygens (including phenoxy) is 1. The molecule has 0 aliphatic carbocycles. The van der Waals surface area contributed by atoms with Crippen LogP contribution in [0.25, 0.3) is 0 Å². The van der Waals surface area contributed by atoms with Gasteiger partial charge in [0.05, 0.1) is 5.02 Å². The molecule has 8 heteroatoms. The minimum absolute atomic E-state index is 0.140. The summed E-state index contributed by atoms with van der Waals surface area (Å²) >= 11 is 5.59. The van der Waals surface area contributed by atoms with Crippen LogP contribution < -0.4 is 16.0 Å². The van der Waals surface area contributed by atoms with Gasteiger partial charge >= 0.3 is 17.1 Å². The Balaban J connectivity index is 2.47. The van der Waals surface area contributed by atoms with Crippen LogP contribution in [-0.2, 0) is 14.1 Å². The molecular weight excluding hydrogens is 277 g/mol. The summed E-state index contributed by atoms with van der Waals surface area (Å²) in [4.78, 5) is 23.2. The molecule has 100 valence electrons. The van der Waals surface area contributed by atoms with Gasteiger partial charge in [-0.25, -0.2) is 13.9 Å². The quantitative estimate of drug-likeness (QED) is 0.828. The van der Waals surface area contributed by atoms with Gasteiger partial charge in [-0.15, -0.1) is 5.10 Å². The van der Waals surface area contributed by atoms with Gasteiger partial charge in [-0.1, -0.05) is 11.6 Å². The van der Waals surface area contributed by atoms with Crippen molar-refractivity contribution in [2.45, 2.75) is 0 Å². The van der Waals surface area contributed by atoms with Crippen molar-refractivity contribution < 1.29 is 9.13 Å². The highest BCUT2D eigenvalue weighted by Crippen LogP contribution is 2.23. The highest BCUT2D eigenvalue weighted by atomic mass is 35.5. The molecule has 0 aliphatic heterocycles. The van der Waals surface area contributed by atoms with Crippen LogP contribution in [0.15, 0.2) is 27.8 Å². The molecule has 0 atom stereocenters. The van der Waals surface area contributed by atoms with Crippen LogP contribution in [0.2, 0.25) is 5.02 Å². The Hall–Kier alpha value is -2.15. The molecular formula is C11H9ClFN3O3. The third kappa shape index (κ3) is 2.50. The fraction of sp³-hybridized carbons (Fsp3) is 0.182. The van der Waals surface area contributed by atoms with Gasteiger partial charge in [0, 0.05) is 20.2 Å². The van der Waals surface area contributed by atoms with E-state index in [0.29, 0.717) is 0 Å². The SMILES string of the molecule is Cn1nc(Oc2ccc(F)c(Cl)c2)c(=O)n(C)c1=O. The second kappa shape index (κ2) is 4.85. The summed E-state index contributed by atoms with van der Waals surface area (Å²) < 4.78 is 20.0. The molecule has 0 radical (unpaired) electrons. The first-order valence-corrected chi connectivity index (χ1v) is 5.55. The maximum atomic E-state index is 13.0. The van der Waals surface area contributed by atoms with E-state index in [1.165, 1.54) is 26.2 Å². The van der Waals surface area contributed by atoms with Crippen LogP contribution in [0, 0.1) is 5.82 Å². The summed E-state index contributed by atoms with van der Waals surface area (Å²) in [5, 5.41) is 3.55. The average molecular weight is 286 g/mol. The van der Waals surface area contributed by atoms with E-state index >= 15 is 0 Å². The van der Waals surface area contributed by atoms with Crippen molar-refractivity contribution in [2.75, 3.05) is 0 Å². The number of aryl methyl sites for hydroxylation is 1. The minimum Gasteiger partial charge on any atom is -0.434 e. The first kappa shape index (κ1) is 13.3. The van der Waals surface area contributed by atoms with E-state index in [1.54, 1.807) is 0 Å². The third-order valence-corrected chi connectivity index (χ3v) is 2.69. The molecule has 0 saturated heterocycles. The van der Waals surface area contributed by atoms with E-state index in [1.807, 2.05) is 0 Å². The number of aromatic nitrogens is 3. The van der Waals surface area contributed by atoms with Crippen molar-refractivity contribution in [3.8, 4) is 11.6 Å². The van der Waals surface area contributed by atoms with Gasteiger partial charge in [-0.3, -0.25) is 9.36 Å². The van der Waals surface area contributed by atoms with Crippen molar-refractivity contribution in [1.29, 1.82) is 0 Å². The molecule has 0 aliphatic rings. The molecule has 6 nitrogen and oxygen atoms in total. The molecule has 0 N–H and O–H groups in total. The first-order chi connectivity index (χ1) is 8.90. The molecule has 0 unspecified atom stereocenters. The number of halogens is 2. The van der Waals surface area contributed by atoms with E-state index in [9.17, 15) is 14.0 Å². The Kier molecular flexibility index (Phi) is 3.39. The standard InChI is InChI=1S/C11H9ClFN3O3/c1-15-10(17)9(14-16(2)11(15)18)19-6-3-4-8(13)7(12)5-6/h3-5H,1-2H3. The summed E-state index contributed by atoms with van der Waals surface area (Å²) in [7, 11) is 2.68. The summed E-state index contributed by atoms with van der Waals surface area (Å²) in [6, 6.07) is 3.61. The zero-order valence-corrected chi connectivity index (χ0v) is 10.8. The lowest BCUT2D eigenvalue weighted by Crippen LogP contribution is -2.38. The molecule has 1 aromatic carbocycles. The maximum Gasteiger partial charge on any atom is 0.347 e. The molecule has 0 bridgehead atoms. The molecule has 2 rings (SSSR count). The van der Waals surface area contributed by atoms with Crippen LogP contribution in [0.1, 0.15) is 0 Å². The topological polar surface area (TPSA) is 66.1 Å². The van der Waals surface area contributed by atoms with Gasteiger partial charge < -0.3 is 4.74 Å². The second-order valence-electron chi connectivity index (χ2n) is 3.75. The lowest BCUT2D eigenvalue weighted by Gasteiger charge is -2.07. The van der Waals surface area contributed by atoms with E-state index < -0.39 is 17.1 Å². The van der Waals surface area contributed by atoms with Gasteiger partial charge in [0.25, 0.3) is 0 Å². The van der Waals surface area contributed by atoms with Crippen molar-refractivity contribution in [3.63, 3.8) is 0 Å². The average Bonchev–Trinajstić information content (AvgIpc) is 2.38. The molecule has 1 heterocycles. The first-order valence-electron chi connectivity index (χ1n) is 5.17. The van der Waals surface area contributed by atoms with E-state index in [2.05, 4.69) is 5.10 Å². The predicted molar refractivity (Wildman–Crippen MR) is 66.2 cm³/mol. The lowest BCUT2D eigenvalue weighted by atomic mass is 10.3. The molecule has 0 spiro atoms. The molecule has 0 saturated carbocycles. The minimum atomic E-state index is -0.691. The van der Waals surface area contributed by atoms with E-state index in [4.69, 9.17) is 16.3 Å². The number of hydrogen-bond donors (Lipinski definition) is 0.